The van der Waals surface area contributed by atoms with Crippen molar-refractivity contribution in [3.63, 3.8) is 0 Å². The number of hydrogen-bond acceptors (Lipinski definition) is 0. The molecule has 0 heterocycles. The van der Waals surface area contributed by atoms with Gasteiger partial charge in [-0.05, 0) is 23.9 Å². The van der Waals surface area contributed by atoms with Crippen LogP contribution in [0, 0.1) is 37.9 Å². The molecule has 0 saturated carbocycles. The highest BCUT2D eigenvalue weighted by Crippen LogP contribution is 2.24. The number of halogens is 1. The number of hydrogen-bond donors (Lipinski definition) is 0. The summed E-state index contributed by atoms with van der Waals surface area (Å²) in [6, 6.07) is 8.97. The Morgan fingerprint density at radius 3 is 2.22 bits per heavy atom. The smallest absolute Gasteiger partial charge is 0.139 e. The summed E-state index contributed by atoms with van der Waals surface area (Å²) in [7, 11) is 0. The fourth-order valence-electron chi connectivity index (χ4n) is 1.68. The van der Waals surface area contributed by atoms with Crippen molar-refractivity contribution in [1.29, 1.82) is 0 Å². The molecule has 92 valence electrons. The molecule has 0 N–H and O–H groups in total. The molecule has 1 heteroatoms. The second-order valence-electron chi connectivity index (χ2n) is 3.24. The van der Waals surface area contributed by atoms with Gasteiger partial charge in [-0.25, -0.2) is 4.39 Å². The zero-order chi connectivity index (χ0) is 14.1. The minimum Gasteiger partial charge on any atom is -0.206 e. The summed E-state index contributed by atoms with van der Waals surface area (Å²) in [5.74, 6) is 2.08. The Bertz CT molecular complexity index is 571. The monoisotopic (exact) mass is 240 g/mol. The van der Waals surface area contributed by atoms with E-state index in [1.807, 2.05) is 39.0 Å². The van der Waals surface area contributed by atoms with E-state index in [1.54, 1.807) is 6.07 Å². The van der Waals surface area contributed by atoms with Gasteiger partial charge in [-0.15, -0.1) is 19.3 Å². The van der Waals surface area contributed by atoms with Crippen LogP contribution in [0.3, 0.4) is 0 Å². The molecule has 0 aliphatic rings. The lowest BCUT2D eigenvalue weighted by atomic mass is 10.00. The molecule has 0 unspecified atom stereocenters. The van der Waals surface area contributed by atoms with Crippen molar-refractivity contribution in [1.82, 2.24) is 0 Å². The molecule has 0 atom stereocenters. The lowest BCUT2D eigenvalue weighted by molar-refractivity contribution is 0.626. The Balaban J connectivity index is 0.000000659. The Labute approximate surface area is 109 Å². The van der Waals surface area contributed by atoms with E-state index >= 15 is 0 Å². The normalized spacial score (nSPS) is 8.28. The maximum Gasteiger partial charge on any atom is 0.139 e. The molecular weight excluding hydrogens is 223 g/mol. The van der Waals surface area contributed by atoms with Gasteiger partial charge in [0, 0.05) is 5.39 Å². The maximum absolute atomic E-state index is 13.4. The fraction of sp³-hybridized carbons (Fsp3) is 0.176. The Kier molecular flexibility index (Phi) is 6.94. The van der Waals surface area contributed by atoms with Gasteiger partial charge in [-0.3, -0.25) is 0 Å². The second kappa shape index (κ2) is 7.93. The lowest BCUT2D eigenvalue weighted by Gasteiger charge is -2.05. The molecule has 0 radical (unpaired) electrons. The van der Waals surface area contributed by atoms with E-state index in [4.69, 9.17) is 6.42 Å². The molecule has 0 aromatic heterocycles. The largest absolute Gasteiger partial charge is 0.206 e. The van der Waals surface area contributed by atoms with Crippen molar-refractivity contribution < 1.29 is 4.39 Å². The van der Waals surface area contributed by atoms with E-state index in [0.717, 1.165) is 16.3 Å². The quantitative estimate of drug-likeness (QED) is 0.593. The average molecular weight is 240 g/mol. The predicted octanol–water partition coefficient (Wildman–Crippen LogP) is 4.54. The zero-order valence-corrected chi connectivity index (χ0v) is 11.0. The van der Waals surface area contributed by atoms with Crippen LogP contribution >= 0.6 is 0 Å². The Morgan fingerprint density at radius 2 is 1.67 bits per heavy atom. The van der Waals surface area contributed by atoms with E-state index in [1.165, 1.54) is 6.07 Å². The second-order valence-corrected chi connectivity index (χ2v) is 3.24. The third kappa shape index (κ3) is 3.12. The summed E-state index contributed by atoms with van der Waals surface area (Å²) in [4.78, 5) is 0. The van der Waals surface area contributed by atoms with Crippen LogP contribution in [0.25, 0.3) is 10.8 Å². The van der Waals surface area contributed by atoms with Crippen molar-refractivity contribution in [3.8, 4) is 25.2 Å². The SMILES string of the molecule is C#C.C#Cc1c(F)ccc2cccc(C)c12.CC. The molecule has 18 heavy (non-hydrogen) atoms. The molecular formula is C17H17F. The van der Waals surface area contributed by atoms with Gasteiger partial charge < -0.3 is 0 Å². The third-order valence-corrected chi connectivity index (χ3v) is 2.35. The van der Waals surface area contributed by atoms with Crippen molar-refractivity contribution >= 4 is 10.8 Å². The number of terminal acetylenes is 2. The predicted molar refractivity (Wildman–Crippen MR) is 77.8 cm³/mol. The summed E-state index contributed by atoms with van der Waals surface area (Å²) in [6.07, 6.45) is 13.3. The molecule has 0 amide bonds. The van der Waals surface area contributed by atoms with Gasteiger partial charge in [0.2, 0.25) is 0 Å². The molecule has 0 spiro atoms. The van der Waals surface area contributed by atoms with Crippen molar-refractivity contribution in [2.24, 2.45) is 0 Å². The maximum atomic E-state index is 13.4. The van der Waals surface area contributed by atoms with E-state index in [2.05, 4.69) is 18.8 Å². The van der Waals surface area contributed by atoms with Gasteiger partial charge in [-0.2, -0.15) is 0 Å². The van der Waals surface area contributed by atoms with E-state index in [9.17, 15) is 4.39 Å². The molecule has 2 rings (SSSR count). The van der Waals surface area contributed by atoms with Gasteiger partial charge >= 0.3 is 0 Å². The van der Waals surface area contributed by atoms with Crippen molar-refractivity contribution in [2.45, 2.75) is 20.8 Å². The van der Waals surface area contributed by atoms with E-state index in [0.29, 0.717) is 5.56 Å². The van der Waals surface area contributed by atoms with Crippen LogP contribution in [0.4, 0.5) is 4.39 Å². The van der Waals surface area contributed by atoms with Crippen LogP contribution in [-0.2, 0) is 0 Å². The Hall–Kier alpha value is -2.25. The number of aryl methyl sites for hydroxylation is 1. The van der Waals surface area contributed by atoms with Crippen LogP contribution < -0.4 is 0 Å². The van der Waals surface area contributed by atoms with Gasteiger partial charge in [-0.1, -0.05) is 44.0 Å². The summed E-state index contributed by atoms with van der Waals surface area (Å²) in [6.45, 7) is 5.93. The zero-order valence-electron chi connectivity index (χ0n) is 11.0. The molecule has 2 aromatic rings. The van der Waals surface area contributed by atoms with Crippen molar-refractivity contribution in [2.75, 3.05) is 0 Å². The highest BCUT2D eigenvalue weighted by Gasteiger charge is 2.06. The first-order chi connectivity index (χ1) is 8.74. The molecule has 0 nitrogen and oxygen atoms in total. The highest BCUT2D eigenvalue weighted by atomic mass is 19.1. The minimum atomic E-state index is -0.325. The number of fused-ring (bicyclic) bond motifs is 1. The lowest BCUT2D eigenvalue weighted by Crippen LogP contribution is -1.88. The van der Waals surface area contributed by atoms with Crippen LogP contribution in [0.15, 0.2) is 30.3 Å². The van der Waals surface area contributed by atoms with Crippen molar-refractivity contribution in [3.05, 3.63) is 47.3 Å². The first kappa shape index (κ1) is 15.8. The number of benzene rings is 2. The molecule has 0 saturated heterocycles. The van der Waals surface area contributed by atoms with E-state index < -0.39 is 0 Å². The third-order valence-electron chi connectivity index (χ3n) is 2.35. The highest BCUT2D eigenvalue weighted by molar-refractivity contribution is 5.91. The summed E-state index contributed by atoms with van der Waals surface area (Å²) >= 11 is 0. The van der Waals surface area contributed by atoms with Crippen LogP contribution in [0.1, 0.15) is 25.0 Å². The van der Waals surface area contributed by atoms with Crippen LogP contribution in [-0.4, -0.2) is 0 Å². The molecule has 0 aliphatic carbocycles. The van der Waals surface area contributed by atoms with Gasteiger partial charge in [0.05, 0.1) is 5.56 Å². The van der Waals surface area contributed by atoms with Crippen LogP contribution in [0.5, 0.6) is 0 Å². The Morgan fingerprint density at radius 1 is 1.06 bits per heavy atom. The van der Waals surface area contributed by atoms with Crippen LogP contribution in [0.2, 0.25) is 0 Å². The van der Waals surface area contributed by atoms with Gasteiger partial charge in [0.25, 0.3) is 0 Å². The summed E-state index contributed by atoms with van der Waals surface area (Å²) in [5, 5.41) is 1.83. The first-order valence-electron chi connectivity index (χ1n) is 5.72. The first-order valence-corrected chi connectivity index (χ1v) is 5.72. The fourth-order valence-corrected chi connectivity index (χ4v) is 1.68. The number of rotatable bonds is 0. The molecule has 0 fully saturated rings. The topological polar surface area (TPSA) is 0 Å². The standard InChI is InChI=1S/C13H9F.C2H6.C2H2/c1-3-11-12(14)8-7-10-6-4-5-9(2)13(10)11;2*1-2/h1,4-8H,2H3;1-2H3;1-2H. The summed E-state index contributed by atoms with van der Waals surface area (Å²) in [5.41, 5.74) is 1.37. The minimum absolute atomic E-state index is 0.325. The van der Waals surface area contributed by atoms with Gasteiger partial charge in [0.15, 0.2) is 0 Å². The van der Waals surface area contributed by atoms with E-state index in [-0.39, 0.29) is 5.82 Å². The van der Waals surface area contributed by atoms with Gasteiger partial charge in [0.1, 0.15) is 5.82 Å². The molecule has 2 aromatic carbocycles. The average Bonchev–Trinajstić information content (AvgIpc) is 2.44. The molecule has 0 aliphatic heterocycles. The summed E-state index contributed by atoms with van der Waals surface area (Å²) < 4.78 is 13.4. The molecule has 0 bridgehead atoms.